The number of hydrogen-bond acceptors (Lipinski definition) is 3. The fourth-order valence-electron chi connectivity index (χ4n) is 0.851. The summed E-state index contributed by atoms with van der Waals surface area (Å²) in [6.45, 7) is 0. The van der Waals surface area contributed by atoms with Crippen molar-refractivity contribution in [2.24, 2.45) is 11.6 Å². The van der Waals surface area contributed by atoms with Crippen molar-refractivity contribution in [1.82, 2.24) is 0 Å². The molecule has 1 aromatic carbocycles. The maximum absolute atomic E-state index is 5.30. The van der Waals surface area contributed by atoms with Crippen molar-refractivity contribution in [3.63, 3.8) is 0 Å². The van der Waals surface area contributed by atoms with Crippen molar-refractivity contribution in [1.29, 1.82) is 0 Å². The van der Waals surface area contributed by atoms with E-state index in [1.165, 1.54) is 0 Å². The second-order valence-electron chi connectivity index (χ2n) is 2.18. The molecular weight excluding hydrogens is 172 g/mol. The van der Waals surface area contributed by atoms with Crippen LogP contribution in [-0.2, 0) is 0 Å². The predicted octanol–water partition coefficient (Wildman–Crippen LogP) is 0.628. The number of benzene rings is 1. The average molecular weight is 182 g/mol. The van der Waals surface area contributed by atoms with Crippen LogP contribution in [0.1, 0.15) is 0 Å². The minimum atomic E-state index is 0.220. The van der Waals surface area contributed by atoms with Crippen LogP contribution in [0.3, 0.4) is 0 Å². The second-order valence-corrected chi connectivity index (χ2v) is 2.62. The van der Waals surface area contributed by atoms with Gasteiger partial charge in [0.2, 0.25) is 0 Å². The van der Waals surface area contributed by atoms with Crippen molar-refractivity contribution < 1.29 is 0 Å². The van der Waals surface area contributed by atoms with Gasteiger partial charge in [0.15, 0.2) is 5.11 Å². The van der Waals surface area contributed by atoms with Gasteiger partial charge in [-0.15, -0.1) is 0 Å². The fraction of sp³-hybridized carbons (Fsp3) is 0. The first kappa shape index (κ1) is 8.76. The van der Waals surface area contributed by atoms with Crippen LogP contribution in [-0.4, -0.2) is 5.11 Å². The molecule has 0 aliphatic rings. The number of nitrogen functional groups attached to an aromatic ring is 1. The highest BCUT2D eigenvalue weighted by Crippen LogP contribution is 2.18. The van der Waals surface area contributed by atoms with E-state index in [4.69, 9.17) is 11.6 Å². The molecule has 0 aromatic heterocycles. The lowest BCUT2D eigenvalue weighted by Crippen LogP contribution is -2.20. The molecule has 1 aromatic rings. The molecule has 0 aliphatic heterocycles. The van der Waals surface area contributed by atoms with E-state index >= 15 is 0 Å². The van der Waals surface area contributed by atoms with E-state index in [2.05, 4.69) is 23.0 Å². The van der Waals surface area contributed by atoms with Gasteiger partial charge in [-0.3, -0.25) is 5.84 Å². The summed E-state index contributed by atoms with van der Waals surface area (Å²) in [5, 5.41) is 3.01. The van der Waals surface area contributed by atoms with Gasteiger partial charge in [-0.2, -0.15) is 0 Å². The van der Waals surface area contributed by atoms with Crippen LogP contribution in [0.25, 0.3) is 0 Å². The maximum Gasteiger partial charge on any atom is 0.168 e. The summed E-state index contributed by atoms with van der Waals surface area (Å²) in [6, 6.07) is 7.37. The molecule has 0 unspecified atom stereocenters. The van der Waals surface area contributed by atoms with E-state index in [9.17, 15) is 0 Å². The van der Waals surface area contributed by atoms with Crippen LogP contribution in [0.5, 0.6) is 0 Å². The third-order valence-corrected chi connectivity index (χ3v) is 1.44. The molecule has 0 saturated heterocycles. The molecule has 5 heteroatoms. The molecule has 1 rings (SSSR count). The Morgan fingerprint density at radius 3 is 2.33 bits per heavy atom. The van der Waals surface area contributed by atoms with E-state index in [1.54, 1.807) is 0 Å². The monoisotopic (exact) mass is 182 g/mol. The molecule has 0 fully saturated rings. The number of para-hydroxylation sites is 2. The van der Waals surface area contributed by atoms with Crippen LogP contribution in [0, 0.1) is 0 Å². The predicted molar refractivity (Wildman–Crippen MR) is 54.7 cm³/mol. The summed E-state index contributed by atoms with van der Waals surface area (Å²) in [5.41, 5.74) is 9.35. The van der Waals surface area contributed by atoms with Gasteiger partial charge in [0.05, 0.1) is 11.4 Å². The Morgan fingerprint density at radius 1 is 1.25 bits per heavy atom. The highest BCUT2D eigenvalue weighted by atomic mass is 32.1. The summed E-state index contributed by atoms with van der Waals surface area (Å²) < 4.78 is 0. The third kappa shape index (κ3) is 2.08. The van der Waals surface area contributed by atoms with Crippen molar-refractivity contribution >= 4 is 28.7 Å². The zero-order chi connectivity index (χ0) is 8.97. The highest BCUT2D eigenvalue weighted by Gasteiger charge is 1.98. The largest absolute Gasteiger partial charge is 0.376 e. The fourth-order valence-corrected chi connectivity index (χ4v) is 0.961. The smallest absolute Gasteiger partial charge is 0.168 e. The number of thiocarbonyl (C=S) groups is 1. The standard InChI is InChI=1S/C7H10N4S/c8-7(12)10-5-3-1-2-4-6(5)11-9/h1-4,11H,9H2,(H3,8,10,12). The molecular formula is C7H10N4S. The van der Waals surface area contributed by atoms with Gasteiger partial charge in [0.1, 0.15) is 0 Å². The Morgan fingerprint density at radius 2 is 1.83 bits per heavy atom. The van der Waals surface area contributed by atoms with Crippen molar-refractivity contribution in [2.75, 3.05) is 10.7 Å². The van der Waals surface area contributed by atoms with Gasteiger partial charge in [-0.25, -0.2) is 0 Å². The van der Waals surface area contributed by atoms with Crippen LogP contribution >= 0.6 is 12.2 Å². The second kappa shape index (κ2) is 3.89. The third-order valence-electron chi connectivity index (χ3n) is 1.34. The minimum absolute atomic E-state index is 0.220. The molecule has 0 bridgehead atoms. The molecule has 0 aliphatic carbocycles. The average Bonchev–Trinajstić information content (AvgIpc) is 2.04. The molecule has 64 valence electrons. The van der Waals surface area contributed by atoms with E-state index in [-0.39, 0.29) is 5.11 Å². The molecule has 0 spiro atoms. The molecule has 0 saturated carbocycles. The molecule has 0 heterocycles. The highest BCUT2D eigenvalue weighted by molar-refractivity contribution is 7.80. The lowest BCUT2D eigenvalue weighted by Gasteiger charge is -2.08. The van der Waals surface area contributed by atoms with Crippen molar-refractivity contribution in [3.8, 4) is 0 Å². The molecule has 6 N–H and O–H groups in total. The number of rotatable bonds is 2. The molecule has 12 heavy (non-hydrogen) atoms. The summed E-state index contributed by atoms with van der Waals surface area (Å²) >= 11 is 4.68. The first-order valence-electron chi connectivity index (χ1n) is 3.36. The first-order chi connectivity index (χ1) is 5.74. The SMILES string of the molecule is NNc1ccccc1NC(N)=S. The number of anilines is 2. The lowest BCUT2D eigenvalue weighted by atomic mass is 10.3. The van der Waals surface area contributed by atoms with Crippen LogP contribution < -0.4 is 22.3 Å². The van der Waals surface area contributed by atoms with Gasteiger partial charge in [-0.05, 0) is 24.4 Å². The van der Waals surface area contributed by atoms with Crippen LogP contribution in [0.4, 0.5) is 11.4 Å². The normalized spacial score (nSPS) is 9.08. The van der Waals surface area contributed by atoms with E-state index in [0.717, 1.165) is 11.4 Å². The Labute approximate surface area is 75.9 Å². The van der Waals surface area contributed by atoms with Gasteiger partial charge in [0.25, 0.3) is 0 Å². The topological polar surface area (TPSA) is 76.1 Å². The Balaban J connectivity index is 2.89. The first-order valence-corrected chi connectivity index (χ1v) is 3.77. The Bertz CT molecular complexity index is 286. The number of hydrogen-bond donors (Lipinski definition) is 4. The lowest BCUT2D eigenvalue weighted by molar-refractivity contribution is 1.35. The summed E-state index contributed by atoms with van der Waals surface area (Å²) in [5.74, 6) is 5.25. The van der Waals surface area contributed by atoms with E-state index < -0.39 is 0 Å². The van der Waals surface area contributed by atoms with Crippen molar-refractivity contribution in [2.45, 2.75) is 0 Å². The number of nitrogens with two attached hydrogens (primary N) is 2. The maximum atomic E-state index is 5.30. The number of nitrogens with one attached hydrogen (secondary N) is 2. The van der Waals surface area contributed by atoms with Gasteiger partial charge in [-0.1, -0.05) is 12.1 Å². The molecule has 0 amide bonds. The molecule has 0 radical (unpaired) electrons. The quantitative estimate of drug-likeness (QED) is 0.306. The summed E-state index contributed by atoms with van der Waals surface area (Å²) in [4.78, 5) is 0. The molecule has 0 atom stereocenters. The zero-order valence-electron chi connectivity index (χ0n) is 6.37. The van der Waals surface area contributed by atoms with E-state index in [1.807, 2.05) is 24.3 Å². The number of hydrazine groups is 1. The van der Waals surface area contributed by atoms with Crippen molar-refractivity contribution in [3.05, 3.63) is 24.3 Å². The minimum Gasteiger partial charge on any atom is -0.376 e. The Kier molecular flexibility index (Phi) is 2.84. The molecule has 4 nitrogen and oxygen atoms in total. The zero-order valence-corrected chi connectivity index (χ0v) is 7.19. The summed E-state index contributed by atoms with van der Waals surface area (Å²) in [6.07, 6.45) is 0. The van der Waals surface area contributed by atoms with Gasteiger partial charge < -0.3 is 16.5 Å². The summed E-state index contributed by atoms with van der Waals surface area (Å²) in [7, 11) is 0. The Hall–Kier alpha value is -1.33. The van der Waals surface area contributed by atoms with Crippen LogP contribution in [0.15, 0.2) is 24.3 Å². The van der Waals surface area contributed by atoms with E-state index in [0.29, 0.717) is 0 Å². The van der Waals surface area contributed by atoms with Crippen LogP contribution in [0.2, 0.25) is 0 Å². The van der Waals surface area contributed by atoms with Gasteiger partial charge in [0, 0.05) is 0 Å². The van der Waals surface area contributed by atoms with Gasteiger partial charge >= 0.3 is 0 Å².